The number of hydrogen-bond donors (Lipinski definition) is 0. The predicted octanol–water partition coefficient (Wildman–Crippen LogP) is 2.04. The summed E-state index contributed by atoms with van der Waals surface area (Å²) in [6, 6.07) is 0. The van der Waals surface area contributed by atoms with Gasteiger partial charge in [0.15, 0.2) is 5.79 Å². The maximum absolute atomic E-state index is 12.2. The Morgan fingerprint density at radius 3 is 2.27 bits per heavy atom. The second kappa shape index (κ2) is 3.29. The van der Waals surface area contributed by atoms with Crippen LogP contribution in [0.4, 0.5) is 0 Å². The highest BCUT2D eigenvalue weighted by atomic mass is 16.7. The molecular formula is C12H18O3. The molecule has 1 atom stereocenters. The number of hydrogen-bond acceptors (Lipinski definition) is 3. The summed E-state index contributed by atoms with van der Waals surface area (Å²) in [5, 5.41) is 0. The lowest BCUT2D eigenvalue weighted by Gasteiger charge is -2.46. The zero-order valence-electron chi connectivity index (χ0n) is 9.09. The van der Waals surface area contributed by atoms with Crippen molar-refractivity contribution in [1.82, 2.24) is 0 Å². The van der Waals surface area contributed by atoms with Gasteiger partial charge in [-0.25, -0.2) is 0 Å². The molecule has 3 rings (SSSR count). The van der Waals surface area contributed by atoms with Crippen molar-refractivity contribution in [2.24, 2.45) is 5.41 Å². The van der Waals surface area contributed by atoms with E-state index in [-0.39, 0.29) is 5.41 Å². The monoisotopic (exact) mass is 210 g/mol. The molecule has 2 spiro atoms. The highest BCUT2D eigenvalue weighted by Crippen LogP contribution is 2.56. The van der Waals surface area contributed by atoms with E-state index in [1.807, 2.05) is 0 Å². The first-order valence-corrected chi connectivity index (χ1v) is 6.10. The lowest BCUT2D eigenvalue weighted by molar-refractivity contribution is -0.246. The zero-order chi connectivity index (χ0) is 10.4. The fourth-order valence-corrected chi connectivity index (χ4v) is 3.69. The van der Waals surface area contributed by atoms with E-state index < -0.39 is 5.79 Å². The highest BCUT2D eigenvalue weighted by Gasteiger charge is 2.62. The lowest BCUT2D eigenvalue weighted by atomic mass is 9.67. The summed E-state index contributed by atoms with van der Waals surface area (Å²) in [7, 11) is 0. The van der Waals surface area contributed by atoms with E-state index in [9.17, 15) is 4.79 Å². The minimum Gasteiger partial charge on any atom is -0.346 e. The Hall–Kier alpha value is -0.410. The van der Waals surface area contributed by atoms with Crippen LogP contribution in [0.2, 0.25) is 0 Å². The van der Waals surface area contributed by atoms with Crippen molar-refractivity contribution in [3.05, 3.63) is 0 Å². The average Bonchev–Trinajstić information content (AvgIpc) is 2.82. The molecule has 1 unspecified atom stereocenters. The van der Waals surface area contributed by atoms with Gasteiger partial charge in [-0.2, -0.15) is 0 Å². The third kappa shape index (κ3) is 1.16. The van der Waals surface area contributed by atoms with Crippen LogP contribution >= 0.6 is 0 Å². The molecule has 3 fully saturated rings. The van der Waals surface area contributed by atoms with Crippen LogP contribution in [-0.4, -0.2) is 24.8 Å². The average molecular weight is 210 g/mol. The van der Waals surface area contributed by atoms with Crippen molar-refractivity contribution in [3.8, 4) is 0 Å². The number of ketones is 1. The number of carbonyl (C=O) groups excluding carboxylic acids is 1. The van der Waals surface area contributed by atoms with Crippen molar-refractivity contribution in [2.45, 2.75) is 50.7 Å². The quantitative estimate of drug-likeness (QED) is 0.613. The first-order valence-electron chi connectivity index (χ1n) is 6.10. The number of Topliss-reactive ketones (excluding diaryl/α,β-unsaturated/α-hetero) is 1. The van der Waals surface area contributed by atoms with E-state index in [0.29, 0.717) is 19.0 Å². The van der Waals surface area contributed by atoms with Crippen LogP contribution in [0, 0.1) is 5.41 Å². The molecule has 0 N–H and O–H groups in total. The first-order chi connectivity index (χ1) is 7.29. The van der Waals surface area contributed by atoms with Crippen LogP contribution in [0.3, 0.4) is 0 Å². The molecule has 1 saturated heterocycles. The van der Waals surface area contributed by atoms with Gasteiger partial charge >= 0.3 is 0 Å². The van der Waals surface area contributed by atoms with Crippen molar-refractivity contribution >= 4 is 5.78 Å². The minimum absolute atomic E-state index is 0.276. The Morgan fingerprint density at radius 1 is 0.933 bits per heavy atom. The minimum atomic E-state index is -0.529. The maximum Gasteiger partial charge on any atom is 0.180 e. The zero-order valence-corrected chi connectivity index (χ0v) is 9.09. The lowest BCUT2D eigenvalue weighted by Crippen LogP contribution is -2.54. The normalized spacial score (nSPS) is 39.3. The van der Waals surface area contributed by atoms with Crippen molar-refractivity contribution in [2.75, 3.05) is 13.2 Å². The molecule has 3 heteroatoms. The molecule has 1 aliphatic heterocycles. The topological polar surface area (TPSA) is 35.5 Å². The predicted molar refractivity (Wildman–Crippen MR) is 54.4 cm³/mol. The van der Waals surface area contributed by atoms with Gasteiger partial charge in [-0.1, -0.05) is 6.42 Å². The summed E-state index contributed by atoms with van der Waals surface area (Å²) < 4.78 is 11.7. The summed E-state index contributed by atoms with van der Waals surface area (Å²) in [5.74, 6) is -0.136. The molecule has 0 amide bonds. The molecule has 3 aliphatic rings. The third-order valence-electron chi connectivity index (χ3n) is 4.38. The molecule has 15 heavy (non-hydrogen) atoms. The van der Waals surface area contributed by atoms with Gasteiger partial charge in [-0.15, -0.1) is 0 Å². The molecule has 2 saturated carbocycles. The largest absolute Gasteiger partial charge is 0.346 e. The van der Waals surface area contributed by atoms with E-state index >= 15 is 0 Å². The van der Waals surface area contributed by atoms with Crippen molar-refractivity contribution in [1.29, 1.82) is 0 Å². The smallest absolute Gasteiger partial charge is 0.180 e. The fraction of sp³-hybridized carbons (Fsp3) is 0.917. The standard InChI is InChI=1S/C12H18O3/c13-10-4-3-6-11(10)5-1-2-7-12(11)14-8-9-15-12/h1-9H2. The van der Waals surface area contributed by atoms with Crippen molar-refractivity contribution in [3.63, 3.8) is 0 Å². The van der Waals surface area contributed by atoms with Crippen LogP contribution in [0.15, 0.2) is 0 Å². The maximum atomic E-state index is 12.2. The molecule has 0 aromatic rings. The molecule has 0 radical (unpaired) electrons. The van der Waals surface area contributed by atoms with Gasteiger partial charge in [0.2, 0.25) is 0 Å². The van der Waals surface area contributed by atoms with Crippen LogP contribution in [0.25, 0.3) is 0 Å². The second-order valence-electron chi connectivity index (χ2n) is 5.02. The van der Waals surface area contributed by atoms with E-state index in [0.717, 1.165) is 44.9 Å². The van der Waals surface area contributed by atoms with Gasteiger partial charge in [0, 0.05) is 12.8 Å². The van der Waals surface area contributed by atoms with Crippen LogP contribution in [0.5, 0.6) is 0 Å². The van der Waals surface area contributed by atoms with Gasteiger partial charge in [-0.3, -0.25) is 4.79 Å². The van der Waals surface area contributed by atoms with E-state index in [1.54, 1.807) is 0 Å². The highest BCUT2D eigenvalue weighted by molar-refractivity contribution is 5.88. The molecule has 0 bridgehead atoms. The molecule has 1 heterocycles. The Morgan fingerprint density at radius 2 is 1.60 bits per heavy atom. The molecule has 84 valence electrons. The number of ether oxygens (including phenoxy) is 2. The summed E-state index contributed by atoms with van der Waals surface area (Å²) in [6.07, 6.45) is 6.91. The van der Waals surface area contributed by atoms with Crippen LogP contribution < -0.4 is 0 Å². The second-order valence-corrected chi connectivity index (χ2v) is 5.02. The third-order valence-corrected chi connectivity index (χ3v) is 4.38. The number of fused-ring (bicyclic) bond motifs is 1. The fourth-order valence-electron chi connectivity index (χ4n) is 3.69. The molecular weight excluding hydrogens is 192 g/mol. The molecule has 2 aliphatic carbocycles. The SMILES string of the molecule is O=C1CCCC12CCCCC21OCCO1. The van der Waals surface area contributed by atoms with Gasteiger partial charge in [0.05, 0.1) is 18.6 Å². The molecule has 0 aromatic heterocycles. The van der Waals surface area contributed by atoms with Crippen molar-refractivity contribution < 1.29 is 14.3 Å². The Labute approximate surface area is 90.1 Å². The summed E-state index contributed by atoms with van der Waals surface area (Å²) in [4.78, 5) is 12.2. The Kier molecular flexibility index (Phi) is 2.15. The summed E-state index contributed by atoms with van der Waals surface area (Å²) in [6.45, 7) is 1.32. The van der Waals surface area contributed by atoms with Gasteiger partial charge in [0.25, 0.3) is 0 Å². The number of carbonyl (C=O) groups is 1. The Balaban J connectivity index is 1.99. The molecule has 0 aromatic carbocycles. The van der Waals surface area contributed by atoms with Gasteiger partial charge in [0.1, 0.15) is 5.78 Å². The van der Waals surface area contributed by atoms with E-state index in [2.05, 4.69) is 0 Å². The van der Waals surface area contributed by atoms with E-state index in [4.69, 9.17) is 9.47 Å². The summed E-state index contributed by atoms with van der Waals surface area (Å²) >= 11 is 0. The summed E-state index contributed by atoms with van der Waals surface area (Å²) in [5.41, 5.74) is -0.276. The van der Waals surface area contributed by atoms with Crippen LogP contribution in [0.1, 0.15) is 44.9 Å². The Bertz CT molecular complexity index is 281. The first kappa shape index (κ1) is 9.79. The van der Waals surface area contributed by atoms with Gasteiger partial charge in [-0.05, 0) is 25.7 Å². The van der Waals surface area contributed by atoms with E-state index in [1.165, 1.54) is 0 Å². The van der Waals surface area contributed by atoms with Crippen LogP contribution in [-0.2, 0) is 14.3 Å². The van der Waals surface area contributed by atoms with Gasteiger partial charge < -0.3 is 9.47 Å². The molecule has 3 nitrogen and oxygen atoms in total. The number of rotatable bonds is 0.